The fraction of sp³-hybridized carbons (Fsp3) is 0.667. The molecular formula is C18H30FN. The predicted octanol–water partition coefficient (Wildman–Crippen LogP) is 4.81. The van der Waals surface area contributed by atoms with E-state index in [9.17, 15) is 4.39 Å². The average molecular weight is 279 g/mol. The average Bonchev–Trinajstić information content (AvgIpc) is 2.29. The summed E-state index contributed by atoms with van der Waals surface area (Å²) < 4.78 is 13.8. The van der Waals surface area contributed by atoms with Crippen molar-refractivity contribution in [1.29, 1.82) is 0 Å². The topological polar surface area (TPSA) is 12.0 Å². The van der Waals surface area contributed by atoms with E-state index in [-0.39, 0.29) is 5.82 Å². The molecule has 0 spiro atoms. The standard InChI is InChI=1S/C18H30FN/c1-6-20-16(11-14(2)13-18(3,4)5)12-15-9-7-8-10-17(15)19/h7-10,14,16,20H,6,11-13H2,1-5H3. The van der Waals surface area contributed by atoms with Gasteiger partial charge in [0.15, 0.2) is 0 Å². The number of hydrogen-bond donors (Lipinski definition) is 1. The van der Waals surface area contributed by atoms with E-state index in [2.05, 4.69) is 39.9 Å². The molecule has 2 atom stereocenters. The SMILES string of the molecule is CCNC(Cc1ccccc1F)CC(C)CC(C)(C)C. The molecule has 1 nitrogen and oxygen atoms in total. The van der Waals surface area contributed by atoms with Gasteiger partial charge in [-0.2, -0.15) is 0 Å². The minimum absolute atomic E-state index is 0.0844. The van der Waals surface area contributed by atoms with Crippen LogP contribution in [0.4, 0.5) is 4.39 Å². The van der Waals surface area contributed by atoms with Gasteiger partial charge in [0, 0.05) is 6.04 Å². The highest BCUT2D eigenvalue weighted by Gasteiger charge is 2.19. The lowest BCUT2D eigenvalue weighted by molar-refractivity contribution is 0.274. The largest absolute Gasteiger partial charge is 0.314 e. The number of likely N-dealkylation sites (N-methyl/N-ethyl adjacent to an activating group) is 1. The molecule has 1 N–H and O–H groups in total. The molecule has 20 heavy (non-hydrogen) atoms. The molecule has 0 bridgehead atoms. The van der Waals surface area contributed by atoms with Gasteiger partial charge in [-0.25, -0.2) is 4.39 Å². The zero-order valence-electron chi connectivity index (χ0n) is 13.7. The molecule has 2 heteroatoms. The Labute approximate surface area is 124 Å². The second kappa shape index (κ2) is 7.78. The lowest BCUT2D eigenvalue weighted by Crippen LogP contribution is -2.33. The minimum atomic E-state index is -0.0844. The Morgan fingerprint density at radius 1 is 1.20 bits per heavy atom. The van der Waals surface area contributed by atoms with Gasteiger partial charge >= 0.3 is 0 Å². The van der Waals surface area contributed by atoms with Crippen molar-refractivity contribution >= 4 is 0 Å². The monoisotopic (exact) mass is 279 g/mol. The van der Waals surface area contributed by atoms with Gasteiger partial charge < -0.3 is 5.32 Å². The fourth-order valence-electron chi connectivity index (χ4n) is 3.07. The zero-order chi connectivity index (χ0) is 15.2. The van der Waals surface area contributed by atoms with Crippen LogP contribution in [-0.4, -0.2) is 12.6 Å². The highest BCUT2D eigenvalue weighted by molar-refractivity contribution is 5.18. The first-order valence-corrected chi connectivity index (χ1v) is 7.78. The van der Waals surface area contributed by atoms with Crippen LogP contribution < -0.4 is 5.32 Å². The zero-order valence-corrected chi connectivity index (χ0v) is 13.7. The molecule has 1 aromatic rings. The first kappa shape index (κ1) is 17.2. The Kier molecular flexibility index (Phi) is 6.67. The van der Waals surface area contributed by atoms with E-state index in [1.165, 1.54) is 6.42 Å². The third kappa shape index (κ3) is 6.51. The van der Waals surface area contributed by atoms with E-state index in [4.69, 9.17) is 0 Å². The summed E-state index contributed by atoms with van der Waals surface area (Å²) in [5.74, 6) is 0.560. The Morgan fingerprint density at radius 2 is 1.85 bits per heavy atom. The van der Waals surface area contributed by atoms with Gasteiger partial charge in [-0.05, 0) is 48.8 Å². The van der Waals surface area contributed by atoms with Crippen molar-refractivity contribution in [2.45, 2.75) is 59.9 Å². The molecule has 1 rings (SSSR count). The summed E-state index contributed by atoms with van der Waals surface area (Å²) >= 11 is 0. The van der Waals surface area contributed by atoms with Crippen molar-refractivity contribution in [3.8, 4) is 0 Å². The fourth-order valence-corrected chi connectivity index (χ4v) is 3.07. The van der Waals surface area contributed by atoms with Crippen molar-refractivity contribution in [2.24, 2.45) is 11.3 Å². The summed E-state index contributed by atoms with van der Waals surface area (Å²) in [6.07, 6.45) is 3.07. The molecule has 114 valence electrons. The summed E-state index contributed by atoms with van der Waals surface area (Å²) in [6, 6.07) is 7.48. The van der Waals surface area contributed by atoms with Crippen LogP contribution in [0.2, 0.25) is 0 Å². The van der Waals surface area contributed by atoms with Crippen LogP contribution >= 0.6 is 0 Å². The molecule has 0 saturated heterocycles. The maximum Gasteiger partial charge on any atom is 0.126 e. The van der Waals surface area contributed by atoms with Gasteiger partial charge in [-0.1, -0.05) is 52.8 Å². The second-order valence-corrected chi connectivity index (χ2v) is 7.16. The van der Waals surface area contributed by atoms with Gasteiger partial charge in [0.1, 0.15) is 5.82 Å². The second-order valence-electron chi connectivity index (χ2n) is 7.16. The van der Waals surface area contributed by atoms with Crippen molar-refractivity contribution in [1.82, 2.24) is 5.32 Å². The minimum Gasteiger partial charge on any atom is -0.314 e. The van der Waals surface area contributed by atoms with E-state index in [1.807, 2.05) is 12.1 Å². The first-order chi connectivity index (χ1) is 9.31. The van der Waals surface area contributed by atoms with Gasteiger partial charge in [0.2, 0.25) is 0 Å². The van der Waals surface area contributed by atoms with Crippen LogP contribution in [0.15, 0.2) is 24.3 Å². The molecule has 0 aliphatic rings. The number of hydrogen-bond acceptors (Lipinski definition) is 1. The third-order valence-electron chi connectivity index (χ3n) is 3.56. The van der Waals surface area contributed by atoms with Crippen LogP contribution in [0.1, 0.15) is 53.0 Å². The van der Waals surface area contributed by atoms with Crippen molar-refractivity contribution in [2.75, 3.05) is 6.54 Å². The van der Waals surface area contributed by atoms with Crippen molar-refractivity contribution in [3.63, 3.8) is 0 Å². The Morgan fingerprint density at radius 3 is 2.40 bits per heavy atom. The summed E-state index contributed by atoms with van der Waals surface area (Å²) in [4.78, 5) is 0. The van der Waals surface area contributed by atoms with Crippen LogP contribution in [0.25, 0.3) is 0 Å². The van der Waals surface area contributed by atoms with Gasteiger partial charge in [-0.3, -0.25) is 0 Å². The Hall–Kier alpha value is -0.890. The summed E-state index contributed by atoms with van der Waals surface area (Å²) in [7, 11) is 0. The molecule has 0 heterocycles. The highest BCUT2D eigenvalue weighted by Crippen LogP contribution is 2.27. The third-order valence-corrected chi connectivity index (χ3v) is 3.56. The molecule has 0 saturated carbocycles. The lowest BCUT2D eigenvalue weighted by Gasteiger charge is -2.27. The quantitative estimate of drug-likeness (QED) is 0.755. The predicted molar refractivity (Wildman–Crippen MR) is 85.4 cm³/mol. The smallest absolute Gasteiger partial charge is 0.126 e. The van der Waals surface area contributed by atoms with Gasteiger partial charge in [-0.15, -0.1) is 0 Å². The molecule has 2 unspecified atom stereocenters. The van der Waals surface area contributed by atoms with E-state index < -0.39 is 0 Å². The number of halogens is 1. The number of rotatable bonds is 7. The van der Waals surface area contributed by atoms with Gasteiger partial charge in [0.05, 0.1) is 0 Å². The molecular weight excluding hydrogens is 249 g/mol. The Balaban J connectivity index is 2.63. The van der Waals surface area contributed by atoms with Crippen molar-refractivity contribution < 1.29 is 4.39 Å². The van der Waals surface area contributed by atoms with E-state index in [0.717, 1.165) is 24.9 Å². The highest BCUT2D eigenvalue weighted by atomic mass is 19.1. The molecule has 0 aliphatic carbocycles. The number of benzene rings is 1. The maximum absolute atomic E-state index is 13.8. The van der Waals surface area contributed by atoms with E-state index in [0.29, 0.717) is 17.4 Å². The molecule has 0 aromatic heterocycles. The van der Waals surface area contributed by atoms with E-state index in [1.54, 1.807) is 12.1 Å². The summed E-state index contributed by atoms with van der Waals surface area (Å²) in [5, 5.41) is 3.51. The first-order valence-electron chi connectivity index (χ1n) is 7.78. The molecule has 0 radical (unpaired) electrons. The van der Waals surface area contributed by atoms with Crippen LogP contribution in [-0.2, 0) is 6.42 Å². The Bertz CT molecular complexity index is 395. The number of nitrogens with one attached hydrogen (secondary N) is 1. The van der Waals surface area contributed by atoms with Crippen molar-refractivity contribution in [3.05, 3.63) is 35.6 Å². The molecule has 0 amide bonds. The molecule has 0 aliphatic heterocycles. The van der Waals surface area contributed by atoms with Crippen LogP contribution in [0.5, 0.6) is 0 Å². The van der Waals surface area contributed by atoms with Gasteiger partial charge in [0.25, 0.3) is 0 Å². The lowest BCUT2D eigenvalue weighted by atomic mass is 9.82. The van der Waals surface area contributed by atoms with Crippen LogP contribution in [0, 0.1) is 17.2 Å². The maximum atomic E-state index is 13.8. The van der Waals surface area contributed by atoms with Crippen LogP contribution in [0.3, 0.4) is 0 Å². The molecule has 0 fully saturated rings. The summed E-state index contributed by atoms with van der Waals surface area (Å²) in [5.41, 5.74) is 1.18. The van der Waals surface area contributed by atoms with E-state index >= 15 is 0 Å². The normalized spacial score (nSPS) is 15.1. The molecule has 1 aromatic carbocycles. The summed E-state index contributed by atoms with van der Waals surface area (Å²) in [6.45, 7) is 12.2.